The molecule has 0 aromatic heterocycles. The summed E-state index contributed by atoms with van der Waals surface area (Å²) in [5, 5.41) is 2.95. The first-order valence-electron chi connectivity index (χ1n) is 7.83. The molecule has 0 fully saturated rings. The molecule has 0 spiro atoms. The molecule has 0 radical (unpaired) electrons. The number of hydrogen-bond acceptors (Lipinski definition) is 3. The third-order valence-electron chi connectivity index (χ3n) is 4.14. The van der Waals surface area contributed by atoms with Crippen LogP contribution in [0.1, 0.15) is 28.7 Å². The van der Waals surface area contributed by atoms with Gasteiger partial charge in [-0.2, -0.15) is 0 Å². The zero-order chi connectivity index (χ0) is 16.2. The molecule has 1 amide bonds. The fourth-order valence-corrected chi connectivity index (χ4v) is 2.56. The summed E-state index contributed by atoms with van der Waals surface area (Å²) < 4.78 is 10.6. The van der Waals surface area contributed by atoms with Crippen molar-refractivity contribution >= 4 is 5.91 Å². The maximum Gasteiger partial charge on any atom is 0.231 e. The SMILES string of the molecule is Cc1ccc(CCC(=O)NCc2ccc3c(c2)OCO3)cc1C. The van der Waals surface area contributed by atoms with Gasteiger partial charge in [-0.05, 0) is 54.7 Å². The minimum atomic E-state index is 0.0564. The lowest BCUT2D eigenvalue weighted by Gasteiger charge is -2.07. The van der Waals surface area contributed by atoms with Crippen LogP contribution >= 0.6 is 0 Å². The van der Waals surface area contributed by atoms with Crippen molar-refractivity contribution < 1.29 is 14.3 Å². The van der Waals surface area contributed by atoms with Crippen molar-refractivity contribution in [2.75, 3.05) is 6.79 Å². The molecule has 2 aromatic rings. The van der Waals surface area contributed by atoms with Crippen LogP contribution < -0.4 is 14.8 Å². The number of carbonyl (C=O) groups is 1. The van der Waals surface area contributed by atoms with Crippen LogP contribution in [-0.4, -0.2) is 12.7 Å². The van der Waals surface area contributed by atoms with E-state index in [4.69, 9.17) is 9.47 Å². The minimum Gasteiger partial charge on any atom is -0.454 e. The average Bonchev–Trinajstić information content (AvgIpc) is 3.01. The molecule has 1 heterocycles. The van der Waals surface area contributed by atoms with Crippen LogP contribution in [0.4, 0.5) is 0 Å². The summed E-state index contributed by atoms with van der Waals surface area (Å²) in [4.78, 5) is 12.0. The van der Waals surface area contributed by atoms with Crippen LogP contribution in [0, 0.1) is 13.8 Å². The Morgan fingerprint density at radius 1 is 1.00 bits per heavy atom. The fourth-order valence-electron chi connectivity index (χ4n) is 2.56. The molecular formula is C19H21NO3. The van der Waals surface area contributed by atoms with Gasteiger partial charge in [0.15, 0.2) is 11.5 Å². The van der Waals surface area contributed by atoms with Crippen LogP contribution in [0.2, 0.25) is 0 Å². The highest BCUT2D eigenvalue weighted by Crippen LogP contribution is 2.32. The lowest BCUT2D eigenvalue weighted by atomic mass is 10.0. The smallest absolute Gasteiger partial charge is 0.231 e. The van der Waals surface area contributed by atoms with Crippen molar-refractivity contribution in [3.63, 3.8) is 0 Å². The maximum atomic E-state index is 12.0. The summed E-state index contributed by atoms with van der Waals surface area (Å²) in [6.07, 6.45) is 1.25. The Morgan fingerprint density at radius 2 is 1.78 bits per heavy atom. The predicted octanol–water partition coefficient (Wildman–Crippen LogP) is 3.28. The third kappa shape index (κ3) is 3.83. The van der Waals surface area contributed by atoms with Gasteiger partial charge in [-0.3, -0.25) is 4.79 Å². The van der Waals surface area contributed by atoms with Gasteiger partial charge < -0.3 is 14.8 Å². The first kappa shape index (κ1) is 15.4. The van der Waals surface area contributed by atoms with E-state index in [9.17, 15) is 4.79 Å². The molecule has 4 heteroatoms. The Hall–Kier alpha value is -2.49. The van der Waals surface area contributed by atoms with E-state index in [2.05, 4.69) is 37.4 Å². The molecule has 0 saturated carbocycles. The van der Waals surface area contributed by atoms with Gasteiger partial charge in [0.2, 0.25) is 12.7 Å². The van der Waals surface area contributed by atoms with Gasteiger partial charge in [-0.1, -0.05) is 24.3 Å². The summed E-state index contributed by atoms with van der Waals surface area (Å²) in [5.41, 5.74) is 4.75. The van der Waals surface area contributed by atoms with Gasteiger partial charge in [-0.15, -0.1) is 0 Å². The van der Waals surface area contributed by atoms with E-state index in [1.165, 1.54) is 16.7 Å². The Morgan fingerprint density at radius 3 is 2.61 bits per heavy atom. The molecule has 0 bridgehead atoms. The van der Waals surface area contributed by atoms with Crippen molar-refractivity contribution in [3.05, 3.63) is 58.7 Å². The monoisotopic (exact) mass is 311 g/mol. The molecule has 2 aromatic carbocycles. The largest absolute Gasteiger partial charge is 0.454 e. The van der Waals surface area contributed by atoms with Gasteiger partial charge in [0.05, 0.1) is 0 Å². The summed E-state index contributed by atoms with van der Waals surface area (Å²) in [5.74, 6) is 1.56. The van der Waals surface area contributed by atoms with Crippen molar-refractivity contribution in [1.82, 2.24) is 5.32 Å². The zero-order valence-electron chi connectivity index (χ0n) is 13.5. The first-order valence-corrected chi connectivity index (χ1v) is 7.83. The van der Waals surface area contributed by atoms with Crippen molar-refractivity contribution in [2.45, 2.75) is 33.2 Å². The van der Waals surface area contributed by atoms with E-state index in [0.29, 0.717) is 13.0 Å². The molecule has 23 heavy (non-hydrogen) atoms. The molecule has 1 aliphatic rings. The van der Waals surface area contributed by atoms with Crippen molar-refractivity contribution in [2.24, 2.45) is 0 Å². The molecule has 0 unspecified atom stereocenters. The minimum absolute atomic E-state index is 0.0564. The van der Waals surface area contributed by atoms with E-state index in [1.807, 2.05) is 18.2 Å². The second-order valence-electron chi connectivity index (χ2n) is 5.88. The van der Waals surface area contributed by atoms with E-state index in [1.54, 1.807) is 0 Å². The Bertz CT molecular complexity index is 725. The molecule has 0 atom stereocenters. The van der Waals surface area contributed by atoms with Gasteiger partial charge in [-0.25, -0.2) is 0 Å². The molecule has 1 N–H and O–H groups in total. The molecule has 120 valence electrons. The van der Waals surface area contributed by atoms with Gasteiger partial charge >= 0.3 is 0 Å². The zero-order valence-corrected chi connectivity index (χ0v) is 13.5. The Kier molecular flexibility index (Phi) is 4.51. The summed E-state index contributed by atoms with van der Waals surface area (Å²) in [7, 11) is 0. The van der Waals surface area contributed by atoms with Gasteiger partial charge in [0.25, 0.3) is 0 Å². The lowest BCUT2D eigenvalue weighted by molar-refractivity contribution is -0.121. The van der Waals surface area contributed by atoms with E-state index in [-0.39, 0.29) is 12.7 Å². The molecule has 0 saturated heterocycles. The quantitative estimate of drug-likeness (QED) is 0.922. The normalized spacial score (nSPS) is 12.3. The first-order chi connectivity index (χ1) is 11.1. The predicted molar refractivity (Wildman–Crippen MR) is 88.6 cm³/mol. The Balaban J connectivity index is 1.48. The summed E-state index contributed by atoms with van der Waals surface area (Å²) in [6, 6.07) is 12.1. The van der Waals surface area contributed by atoms with Crippen LogP contribution in [-0.2, 0) is 17.8 Å². The number of amides is 1. The van der Waals surface area contributed by atoms with Crippen molar-refractivity contribution in [1.29, 1.82) is 0 Å². The van der Waals surface area contributed by atoms with Gasteiger partial charge in [0.1, 0.15) is 0 Å². The fraction of sp³-hybridized carbons (Fsp3) is 0.316. The lowest BCUT2D eigenvalue weighted by Crippen LogP contribution is -2.23. The van der Waals surface area contributed by atoms with E-state index < -0.39 is 0 Å². The highest BCUT2D eigenvalue weighted by molar-refractivity contribution is 5.76. The van der Waals surface area contributed by atoms with Gasteiger partial charge in [0, 0.05) is 13.0 Å². The van der Waals surface area contributed by atoms with Crippen LogP contribution in [0.15, 0.2) is 36.4 Å². The third-order valence-corrected chi connectivity index (χ3v) is 4.14. The standard InChI is InChI=1S/C19H21NO3/c1-13-3-4-15(9-14(13)2)6-8-19(21)20-11-16-5-7-17-18(10-16)23-12-22-17/h3-5,7,9-10H,6,8,11-12H2,1-2H3,(H,20,21). The maximum absolute atomic E-state index is 12.0. The number of fused-ring (bicyclic) bond motifs is 1. The molecule has 1 aliphatic heterocycles. The second-order valence-corrected chi connectivity index (χ2v) is 5.88. The number of benzene rings is 2. The van der Waals surface area contributed by atoms with Crippen LogP contribution in [0.3, 0.4) is 0 Å². The van der Waals surface area contributed by atoms with Crippen LogP contribution in [0.25, 0.3) is 0 Å². The topological polar surface area (TPSA) is 47.6 Å². The molecule has 3 rings (SSSR count). The van der Waals surface area contributed by atoms with E-state index in [0.717, 1.165) is 23.5 Å². The second kappa shape index (κ2) is 6.73. The average molecular weight is 311 g/mol. The molecule has 4 nitrogen and oxygen atoms in total. The van der Waals surface area contributed by atoms with E-state index >= 15 is 0 Å². The number of rotatable bonds is 5. The van der Waals surface area contributed by atoms with Crippen molar-refractivity contribution in [3.8, 4) is 11.5 Å². The number of aryl methyl sites for hydroxylation is 3. The molecule has 0 aliphatic carbocycles. The summed E-state index contributed by atoms with van der Waals surface area (Å²) >= 11 is 0. The van der Waals surface area contributed by atoms with Crippen LogP contribution in [0.5, 0.6) is 11.5 Å². The molecular weight excluding hydrogens is 290 g/mol. The number of ether oxygens (including phenoxy) is 2. The summed E-state index contributed by atoms with van der Waals surface area (Å²) in [6.45, 7) is 4.96. The highest BCUT2D eigenvalue weighted by atomic mass is 16.7. The Labute approximate surface area is 136 Å². The highest BCUT2D eigenvalue weighted by Gasteiger charge is 2.13. The number of hydrogen-bond donors (Lipinski definition) is 1. The number of carbonyl (C=O) groups excluding carboxylic acids is 1. The number of nitrogens with one attached hydrogen (secondary N) is 1.